The van der Waals surface area contributed by atoms with Crippen molar-refractivity contribution in [3.8, 4) is 0 Å². The van der Waals surface area contributed by atoms with Crippen LogP contribution in [0.25, 0.3) is 10.2 Å². The summed E-state index contributed by atoms with van der Waals surface area (Å²) in [7, 11) is -3.32. The van der Waals surface area contributed by atoms with Crippen LogP contribution < -0.4 is 10.2 Å². The third-order valence-corrected chi connectivity index (χ3v) is 6.58. The maximum atomic E-state index is 12.6. The van der Waals surface area contributed by atoms with Crippen LogP contribution in [0.15, 0.2) is 53.4 Å². The van der Waals surface area contributed by atoms with Gasteiger partial charge in [0.25, 0.3) is 0 Å². The molecule has 29 heavy (non-hydrogen) atoms. The highest BCUT2D eigenvalue weighted by molar-refractivity contribution is 7.90. The van der Waals surface area contributed by atoms with Crippen LogP contribution in [-0.4, -0.2) is 56.1 Å². The van der Waals surface area contributed by atoms with Gasteiger partial charge in [-0.3, -0.25) is 9.69 Å². The number of sulfone groups is 1. The summed E-state index contributed by atoms with van der Waals surface area (Å²) in [4.78, 5) is 32.6. The molecule has 0 spiro atoms. The minimum atomic E-state index is -3.32. The molecule has 0 aliphatic carbocycles. The highest BCUT2D eigenvalue weighted by atomic mass is 32.2. The number of rotatable bonds is 5. The number of nitrogens with zero attached hydrogens (tertiary/aromatic N) is 3. The summed E-state index contributed by atoms with van der Waals surface area (Å²) in [6, 6.07) is 13.7. The number of urea groups is 1. The first kappa shape index (κ1) is 19.3. The second kappa shape index (κ2) is 7.45. The summed E-state index contributed by atoms with van der Waals surface area (Å²) >= 11 is 1.19. The molecule has 150 valence electrons. The number of amides is 3. The van der Waals surface area contributed by atoms with E-state index in [-0.39, 0.29) is 23.4 Å². The van der Waals surface area contributed by atoms with Crippen LogP contribution >= 0.6 is 11.3 Å². The van der Waals surface area contributed by atoms with Crippen molar-refractivity contribution in [2.24, 2.45) is 0 Å². The van der Waals surface area contributed by atoms with E-state index in [1.54, 1.807) is 17.0 Å². The monoisotopic (exact) mass is 430 g/mol. The largest absolute Gasteiger partial charge is 0.325 e. The van der Waals surface area contributed by atoms with Gasteiger partial charge in [0.2, 0.25) is 5.91 Å². The van der Waals surface area contributed by atoms with Crippen LogP contribution in [-0.2, 0) is 14.6 Å². The summed E-state index contributed by atoms with van der Waals surface area (Å²) < 4.78 is 24.0. The van der Waals surface area contributed by atoms with E-state index in [2.05, 4.69) is 10.3 Å². The molecule has 0 atom stereocenters. The molecule has 10 heteroatoms. The zero-order chi connectivity index (χ0) is 20.6. The number of hydrogen-bond acceptors (Lipinski definition) is 6. The van der Waals surface area contributed by atoms with Crippen molar-refractivity contribution in [2.75, 3.05) is 36.1 Å². The third-order valence-electron chi connectivity index (χ3n) is 4.53. The molecule has 1 aliphatic heterocycles. The number of fused-ring (bicyclic) bond motifs is 1. The lowest BCUT2D eigenvalue weighted by molar-refractivity contribution is -0.116. The average molecular weight is 431 g/mol. The van der Waals surface area contributed by atoms with Gasteiger partial charge < -0.3 is 10.2 Å². The van der Waals surface area contributed by atoms with Crippen molar-refractivity contribution in [1.82, 2.24) is 9.88 Å². The Labute approximate surface area is 171 Å². The minimum absolute atomic E-state index is 0.0767. The van der Waals surface area contributed by atoms with Crippen LogP contribution in [0.4, 0.5) is 15.6 Å². The van der Waals surface area contributed by atoms with Crippen molar-refractivity contribution in [3.05, 3.63) is 48.5 Å². The van der Waals surface area contributed by atoms with Gasteiger partial charge in [0, 0.05) is 25.0 Å². The molecule has 3 amide bonds. The number of anilines is 2. The molecule has 2 aromatic carbocycles. The number of aromatic nitrogens is 1. The summed E-state index contributed by atoms with van der Waals surface area (Å²) in [5.41, 5.74) is 1.40. The summed E-state index contributed by atoms with van der Waals surface area (Å²) in [6.45, 7) is 0.900. The molecule has 1 aromatic heterocycles. The predicted molar refractivity (Wildman–Crippen MR) is 112 cm³/mol. The quantitative estimate of drug-likeness (QED) is 0.671. The fourth-order valence-corrected chi connectivity index (χ4v) is 4.74. The fourth-order valence-electron chi connectivity index (χ4n) is 3.10. The van der Waals surface area contributed by atoms with Gasteiger partial charge >= 0.3 is 6.03 Å². The highest BCUT2D eigenvalue weighted by Crippen LogP contribution is 2.28. The van der Waals surface area contributed by atoms with E-state index in [0.29, 0.717) is 28.4 Å². The van der Waals surface area contributed by atoms with Crippen LogP contribution in [0.1, 0.15) is 0 Å². The van der Waals surface area contributed by atoms with Crippen molar-refractivity contribution < 1.29 is 18.0 Å². The van der Waals surface area contributed by atoms with E-state index in [1.807, 2.05) is 30.3 Å². The number of carbonyl (C=O) groups is 2. The molecular formula is C19H18N4O4S2. The van der Waals surface area contributed by atoms with Gasteiger partial charge in [-0.05, 0) is 30.3 Å². The van der Waals surface area contributed by atoms with Gasteiger partial charge in [-0.15, -0.1) is 0 Å². The lowest BCUT2D eigenvalue weighted by Gasteiger charge is -2.18. The Morgan fingerprint density at radius 3 is 2.66 bits per heavy atom. The molecule has 2 heterocycles. The van der Waals surface area contributed by atoms with Gasteiger partial charge in [-0.25, -0.2) is 18.2 Å². The zero-order valence-corrected chi connectivity index (χ0v) is 17.2. The smallest absolute Gasteiger partial charge is 0.313 e. The number of thiazole rings is 1. The molecule has 8 nitrogen and oxygen atoms in total. The Kier molecular flexibility index (Phi) is 4.97. The van der Waals surface area contributed by atoms with Crippen molar-refractivity contribution in [1.29, 1.82) is 0 Å². The number of para-hydroxylation sites is 1. The topological polar surface area (TPSA) is 99.7 Å². The molecule has 1 aliphatic rings. The molecule has 3 aromatic rings. The minimum Gasteiger partial charge on any atom is -0.313 e. The summed E-state index contributed by atoms with van der Waals surface area (Å²) in [5.74, 6) is -0.351. The molecule has 4 rings (SSSR count). The normalized spacial score (nSPS) is 14.6. The molecule has 0 unspecified atom stereocenters. The average Bonchev–Trinajstić information content (AvgIpc) is 3.24. The Morgan fingerprint density at radius 1 is 1.17 bits per heavy atom. The van der Waals surface area contributed by atoms with Crippen LogP contribution in [0.3, 0.4) is 0 Å². The Bertz CT molecular complexity index is 1190. The van der Waals surface area contributed by atoms with Crippen molar-refractivity contribution >= 4 is 54.1 Å². The lowest BCUT2D eigenvalue weighted by Crippen LogP contribution is -2.37. The van der Waals surface area contributed by atoms with Crippen molar-refractivity contribution in [2.45, 2.75) is 4.90 Å². The van der Waals surface area contributed by atoms with E-state index in [0.717, 1.165) is 11.9 Å². The van der Waals surface area contributed by atoms with E-state index in [4.69, 9.17) is 0 Å². The van der Waals surface area contributed by atoms with E-state index in [9.17, 15) is 18.0 Å². The third kappa shape index (κ3) is 4.08. The SMILES string of the molecule is CS(=O)(=O)c1ccc2nc(NC(=O)CN3CCN(c4ccccc4)C3=O)sc2c1. The van der Waals surface area contributed by atoms with Gasteiger partial charge in [-0.1, -0.05) is 29.5 Å². The van der Waals surface area contributed by atoms with E-state index >= 15 is 0 Å². The molecule has 0 radical (unpaired) electrons. The molecule has 0 bridgehead atoms. The fraction of sp³-hybridized carbons (Fsp3) is 0.211. The summed E-state index contributed by atoms with van der Waals surface area (Å²) in [6.07, 6.45) is 1.14. The first-order valence-corrected chi connectivity index (χ1v) is 11.5. The van der Waals surface area contributed by atoms with Gasteiger partial charge in [-0.2, -0.15) is 0 Å². The van der Waals surface area contributed by atoms with Crippen LogP contribution in [0, 0.1) is 0 Å². The first-order valence-electron chi connectivity index (χ1n) is 8.83. The maximum absolute atomic E-state index is 12.6. The van der Waals surface area contributed by atoms with Crippen LogP contribution in [0.2, 0.25) is 0 Å². The standard InChI is InChI=1S/C19H18N4O4S2/c1-29(26,27)14-7-8-15-16(11-14)28-18(20-15)21-17(24)12-22-9-10-23(19(22)25)13-5-3-2-4-6-13/h2-8,11H,9-10,12H2,1H3,(H,20,21,24). The lowest BCUT2D eigenvalue weighted by atomic mass is 10.3. The molecule has 1 N–H and O–H groups in total. The van der Waals surface area contributed by atoms with Gasteiger partial charge in [0.05, 0.1) is 15.1 Å². The van der Waals surface area contributed by atoms with Gasteiger partial charge in [0.15, 0.2) is 15.0 Å². The molecular weight excluding hydrogens is 412 g/mol. The highest BCUT2D eigenvalue weighted by Gasteiger charge is 2.30. The number of carbonyl (C=O) groups excluding carboxylic acids is 2. The van der Waals surface area contributed by atoms with Gasteiger partial charge in [0.1, 0.15) is 6.54 Å². The van der Waals surface area contributed by atoms with E-state index < -0.39 is 9.84 Å². The van der Waals surface area contributed by atoms with Crippen LogP contribution in [0.5, 0.6) is 0 Å². The second-order valence-electron chi connectivity index (χ2n) is 6.66. The Balaban J connectivity index is 1.43. The summed E-state index contributed by atoms with van der Waals surface area (Å²) in [5, 5.41) is 3.06. The Hall–Kier alpha value is -2.98. The first-order chi connectivity index (χ1) is 13.8. The number of hydrogen-bond donors (Lipinski definition) is 1. The Morgan fingerprint density at radius 2 is 1.93 bits per heavy atom. The predicted octanol–water partition coefficient (Wildman–Crippen LogP) is 2.58. The number of nitrogens with one attached hydrogen (secondary N) is 1. The molecule has 1 saturated heterocycles. The second-order valence-corrected chi connectivity index (χ2v) is 9.71. The van der Waals surface area contributed by atoms with Crippen molar-refractivity contribution in [3.63, 3.8) is 0 Å². The molecule has 1 fully saturated rings. The maximum Gasteiger partial charge on any atom is 0.325 e. The van der Waals surface area contributed by atoms with E-state index in [1.165, 1.54) is 22.3 Å². The molecule has 0 saturated carbocycles. The zero-order valence-electron chi connectivity index (χ0n) is 15.5. The number of benzene rings is 2.